The van der Waals surface area contributed by atoms with Crippen LogP contribution in [0.15, 0.2) is 31.0 Å². The molecule has 0 fully saturated rings. The van der Waals surface area contributed by atoms with E-state index >= 15 is 0 Å². The van der Waals surface area contributed by atoms with Crippen LogP contribution in [0.2, 0.25) is 0 Å². The Balaban J connectivity index is 2.50. The fraction of sp³-hybridized carbons (Fsp3) is 0.125. The number of aromatic nitrogens is 1. The van der Waals surface area contributed by atoms with Crippen molar-refractivity contribution in [3.05, 3.63) is 37.1 Å². The number of anilines is 1. The molecule has 0 atom stereocenters. The van der Waals surface area contributed by atoms with Crippen LogP contribution in [0.25, 0.3) is 0 Å². The van der Waals surface area contributed by atoms with E-state index < -0.39 is 0 Å². The highest BCUT2D eigenvalue weighted by Crippen LogP contribution is 1.97. The Morgan fingerprint density at radius 2 is 2.70 bits per heavy atom. The third kappa shape index (κ3) is 1.90. The molecule has 0 saturated carbocycles. The van der Waals surface area contributed by atoms with Gasteiger partial charge in [0.2, 0.25) is 0 Å². The second-order valence-electron chi connectivity index (χ2n) is 1.81. The van der Waals surface area contributed by atoms with Crippen LogP contribution in [0.5, 0.6) is 0 Å². The van der Waals surface area contributed by atoms with Gasteiger partial charge >= 0.3 is 0 Å². The standard InChI is InChI=1S/C8H9N2/c1-2-6-9-8-5-3-4-7-10-8/h2,4-5,7H,1,6H2,(H,9,10). The zero-order chi connectivity index (χ0) is 7.23. The largest absolute Gasteiger partial charge is 0.367 e. The number of hydrogen-bond acceptors (Lipinski definition) is 2. The van der Waals surface area contributed by atoms with Crippen molar-refractivity contribution in [3.63, 3.8) is 0 Å². The van der Waals surface area contributed by atoms with Gasteiger partial charge < -0.3 is 5.32 Å². The molecule has 0 aliphatic carbocycles. The summed E-state index contributed by atoms with van der Waals surface area (Å²) >= 11 is 0. The number of pyridine rings is 1. The zero-order valence-corrected chi connectivity index (χ0v) is 5.67. The van der Waals surface area contributed by atoms with Gasteiger partial charge in [0.05, 0.1) is 0 Å². The summed E-state index contributed by atoms with van der Waals surface area (Å²) in [5.74, 6) is 0.836. The second-order valence-corrected chi connectivity index (χ2v) is 1.81. The van der Waals surface area contributed by atoms with Crippen molar-refractivity contribution in [3.8, 4) is 0 Å². The fourth-order valence-electron chi connectivity index (χ4n) is 0.598. The van der Waals surface area contributed by atoms with Crippen LogP contribution in [-0.4, -0.2) is 11.5 Å². The SMILES string of the molecule is C=CCNc1c[c]ccn1. The fourth-order valence-corrected chi connectivity index (χ4v) is 0.598. The molecule has 0 aromatic carbocycles. The predicted molar refractivity (Wildman–Crippen MR) is 41.8 cm³/mol. The molecule has 0 aliphatic heterocycles. The first-order valence-corrected chi connectivity index (χ1v) is 3.10. The molecule has 51 valence electrons. The molecule has 1 heterocycles. The first kappa shape index (κ1) is 6.81. The quantitative estimate of drug-likeness (QED) is 0.632. The molecule has 1 radical (unpaired) electrons. The number of nitrogens with one attached hydrogen (secondary N) is 1. The molecule has 0 amide bonds. The Morgan fingerprint density at radius 3 is 3.30 bits per heavy atom. The van der Waals surface area contributed by atoms with Gasteiger partial charge in [-0.2, -0.15) is 0 Å². The summed E-state index contributed by atoms with van der Waals surface area (Å²) < 4.78 is 0. The molecule has 0 aliphatic rings. The molecular weight excluding hydrogens is 124 g/mol. The molecule has 1 rings (SSSR count). The number of hydrogen-bond donors (Lipinski definition) is 1. The van der Waals surface area contributed by atoms with Crippen LogP contribution >= 0.6 is 0 Å². The Kier molecular flexibility index (Phi) is 2.49. The zero-order valence-electron chi connectivity index (χ0n) is 5.67. The highest BCUT2D eigenvalue weighted by Gasteiger charge is 1.84. The van der Waals surface area contributed by atoms with E-state index in [-0.39, 0.29) is 0 Å². The first-order chi connectivity index (χ1) is 4.93. The predicted octanol–water partition coefficient (Wildman–Crippen LogP) is 1.48. The molecule has 2 heteroatoms. The molecule has 2 nitrogen and oxygen atoms in total. The van der Waals surface area contributed by atoms with Crippen LogP contribution in [0, 0.1) is 6.07 Å². The van der Waals surface area contributed by atoms with E-state index in [0.717, 1.165) is 12.4 Å². The maximum Gasteiger partial charge on any atom is 0.126 e. The average molecular weight is 133 g/mol. The highest BCUT2D eigenvalue weighted by molar-refractivity contribution is 5.33. The van der Waals surface area contributed by atoms with E-state index in [9.17, 15) is 0 Å². The molecular formula is C8H9N2. The summed E-state index contributed by atoms with van der Waals surface area (Å²) in [4.78, 5) is 4.03. The van der Waals surface area contributed by atoms with Gasteiger partial charge in [-0.25, -0.2) is 4.98 Å². The minimum atomic E-state index is 0.741. The molecule has 0 spiro atoms. The van der Waals surface area contributed by atoms with Crippen LogP contribution in [0.3, 0.4) is 0 Å². The normalized spacial score (nSPS) is 8.80. The summed E-state index contributed by atoms with van der Waals surface area (Å²) in [5.41, 5.74) is 0. The van der Waals surface area contributed by atoms with Gasteiger partial charge in [0.15, 0.2) is 0 Å². The summed E-state index contributed by atoms with van der Waals surface area (Å²) in [5, 5.41) is 3.03. The lowest BCUT2D eigenvalue weighted by Crippen LogP contribution is -1.98. The van der Waals surface area contributed by atoms with Crippen molar-refractivity contribution in [1.82, 2.24) is 4.98 Å². The van der Waals surface area contributed by atoms with Crippen molar-refractivity contribution in [2.24, 2.45) is 0 Å². The van der Waals surface area contributed by atoms with E-state index in [2.05, 4.69) is 22.9 Å². The van der Waals surface area contributed by atoms with Gasteiger partial charge in [0, 0.05) is 12.7 Å². The average Bonchev–Trinajstić information content (AvgIpc) is 2.03. The minimum absolute atomic E-state index is 0.741. The van der Waals surface area contributed by atoms with Gasteiger partial charge in [-0.05, 0) is 18.2 Å². The maximum atomic E-state index is 4.03. The van der Waals surface area contributed by atoms with Gasteiger partial charge in [-0.3, -0.25) is 0 Å². The topological polar surface area (TPSA) is 24.9 Å². The van der Waals surface area contributed by atoms with Crippen LogP contribution in [-0.2, 0) is 0 Å². The molecule has 1 N–H and O–H groups in total. The lowest BCUT2D eigenvalue weighted by atomic mass is 10.4. The van der Waals surface area contributed by atoms with Gasteiger partial charge in [-0.15, -0.1) is 6.58 Å². The van der Waals surface area contributed by atoms with Gasteiger partial charge in [0.1, 0.15) is 5.82 Å². The van der Waals surface area contributed by atoms with Crippen molar-refractivity contribution >= 4 is 5.82 Å². The van der Waals surface area contributed by atoms with E-state index in [1.807, 2.05) is 0 Å². The highest BCUT2D eigenvalue weighted by atomic mass is 15.0. The van der Waals surface area contributed by atoms with Crippen molar-refractivity contribution in [1.29, 1.82) is 0 Å². The smallest absolute Gasteiger partial charge is 0.126 e. The molecule has 0 unspecified atom stereocenters. The lowest BCUT2D eigenvalue weighted by molar-refractivity contribution is 1.23. The first-order valence-electron chi connectivity index (χ1n) is 3.10. The molecule has 0 saturated heterocycles. The third-order valence-electron chi connectivity index (χ3n) is 1.03. The van der Waals surface area contributed by atoms with E-state index in [1.165, 1.54) is 0 Å². The van der Waals surface area contributed by atoms with Crippen LogP contribution in [0.1, 0.15) is 0 Å². The monoisotopic (exact) mass is 133 g/mol. The summed E-state index contributed by atoms with van der Waals surface area (Å²) in [7, 11) is 0. The molecule has 10 heavy (non-hydrogen) atoms. The van der Waals surface area contributed by atoms with Crippen molar-refractivity contribution in [2.45, 2.75) is 0 Å². The minimum Gasteiger partial charge on any atom is -0.367 e. The maximum absolute atomic E-state index is 4.03. The summed E-state index contributed by atoms with van der Waals surface area (Å²) in [6.45, 7) is 4.32. The lowest BCUT2D eigenvalue weighted by Gasteiger charge is -1.98. The Labute approximate surface area is 60.6 Å². The molecule has 0 bridgehead atoms. The molecule has 1 aromatic rings. The van der Waals surface area contributed by atoms with Crippen LogP contribution < -0.4 is 5.32 Å². The second kappa shape index (κ2) is 3.67. The van der Waals surface area contributed by atoms with E-state index in [0.29, 0.717) is 0 Å². The Bertz CT molecular complexity index is 194. The van der Waals surface area contributed by atoms with E-state index in [1.54, 1.807) is 24.4 Å². The number of nitrogens with zero attached hydrogens (tertiary/aromatic N) is 1. The summed E-state index contributed by atoms with van der Waals surface area (Å²) in [6, 6.07) is 6.47. The molecule has 1 aromatic heterocycles. The Morgan fingerprint density at radius 1 is 1.80 bits per heavy atom. The summed E-state index contributed by atoms with van der Waals surface area (Å²) in [6.07, 6.45) is 3.49. The van der Waals surface area contributed by atoms with Crippen molar-refractivity contribution < 1.29 is 0 Å². The Hall–Kier alpha value is -1.31. The van der Waals surface area contributed by atoms with Crippen molar-refractivity contribution in [2.75, 3.05) is 11.9 Å². The number of rotatable bonds is 3. The van der Waals surface area contributed by atoms with Crippen LogP contribution in [0.4, 0.5) is 5.82 Å². The van der Waals surface area contributed by atoms with E-state index in [4.69, 9.17) is 0 Å². The van der Waals surface area contributed by atoms with Gasteiger partial charge in [-0.1, -0.05) is 6.08 Å². The van der Waals surface area contributed by atoms with Gasteiger partial charge in [0.25, 0.3) is 0 Å². The third-order valence-corrected chi connectivity index (χ3v) is 1.03.